The van der Waals surface area contributed by atoms with Crippen molar-refractivity contribution in [2.45, 2.75) is 131 Å². The van der Waals surface area contributed by atoms with Gasteiger partial charge in [0, 0.05) is 17.8 Å². The molecule has 4 unspecified atom stereocenters. The van der Waals surface area contributed by atoms with Gasteiger partial charge in [-0.2, -0.15) is 0 Å². The third-order valence-corrected chi connectivity index (χ3v) is 7.55. The Morgan fingerprint density at radius 1 is 0.528 bits per heavy atom. The number of hydrogen-bond acceptors (Lipinski definition) is 6. The number of carbonyl (C=O) groups excluding carboxylic acids is 3. The molecule has 212 valence electrons. The smallest absolute Gasteiger partial charge is 0.220 e. The van der Waals surface area contributed by atoms with Gasteiger partial charge in [-0.15, -0.1) is 0 Å². The van der Waals surface area contributed by atoms with Crippen LogP contribution in [0.25, 0.3) is 0 Å². The Bertz CT molecular complexity index is 651. The largest absolute Gasteiger partial charge is 0.393 e. The summed E-state index contributed by atoms with van der Waals surface area (Å²) >= 11 is 0. The molecule has 0 amide bonds. The quantitative estimate of drug-likeness (QED) is 0.185. The van der Waals surface area contributed by atoms with Gasteiger partial charge >= 0.3 is 0 Å². The van der Waals surface area contributed by atoms with E-state index in [2.05, 4.69) is 41.5 Å². The summed E-state index contributed by atoms with van der Waals surface area (Å²) in [5, 5.41) is 33.7. The van der Waals surface area contributed by atoms with E-state index in [4.69, 9.17) is 0 Å². The van der Waals surface area contributed by atoms with Crippen molar-refractivity contribution >= 4 is 17.3 Å². The van der Waals surface area contributed by atoms with E-state index in [9.17, 15) is 29.7 Å². The highest BCUT2D eigenvalue weighted by atomic mass is 16.4. The summed E-state index contributed by atoms with van der Waals surface area (Å²) < 4.78 is 0. The average molecular weight is 513 g/mol. The van der Waals surface area contributed by atoms with Gasteiger partial charge in [0.15, 0.2) is 23.0 Å². The predicted molar refractivity (Wildman–Crippen MR) is 146 cm³/mol. The van der Waals surface area contributed by atoms with Crippen LogP contribution in [0, 0.1) is 35.5 Å². The maximum absolute atomic E-state index is 13.7. The third-order valence-electron chi connectivity index (χ3n) is 7.55. The minimum absolute atomic E-state index is 0.425. The molecule has 0 saturated heterocycles. The van der Waals surface area contributed by atoms with Crippen molar-refractivity contribution in [1.82, 2.24) is 0 Å². The van der Waals surface area contributed by atoms with E-state index in [0.29, 0.717) is 37.0 Å². The standard InChI is InChI=1S/C30H56O6/c1-20(2)13-10-16-23(7)26(32)29(35,19-31)30(36,27(33)24(8)17-11-14-21(3)4)28(34)25(9)18-12-15-22(5)6/h20-25,31,35-36H,10-19H2,1-9H3. The summed E-state index contributed by atoms with van der Waals surface area (Å²) in [6.07, 6.45) is 6.09. The molecule has 6 heteroatoms. The highest BCUT2D eigenvalue weighted by molar-refractivity contribution is 6.17. The van der Waals surface area contributed by atoms with Crippen LogP contribution < -0.4 is 0 Å². The first-order valence-corrected chi connectivity index (χ1v) is 14.2. The molecule has 0 radical (unpaired) electrons. The van der Waals surface area contributed by atoms with Gasteiger partial charge in [-0.1, -0.05) is 101 Å². The van der Waals surface area contributed by atoms with Crippen molar-refractivity contribution in [3.63, 3.8) is 0 Å². The lowest BCUT2D eigenvalue weighted by Gasteiger charge is -2.42. The molecule has 0 rings (SSSR count). The normalized spacial score (nSPS) is 18.1. The number of Topliss-reactive ketones (excluding diaryl/α,β-unsaturated/α-hetero) is 3. The molecular weight excluding hydrogens is 456 g/mol. The molecule has 0 aromatic heterocycles. The Hall–Kier alpha value is -1.11. The minimum atomic E-state index is -2.99. The Labute approximate surface area is 220 Å². The molecule has 36 heavy (non-hydrogen) atoms. The van der Waals surface area contributed by atoms with E-state index in [0.717, 1.165) is 38.5 Å². The predicted octanol–water partition coefficient (Wildman–Crippen LogP) is 5.54. The second-order valence-electron chi connectivity index (χ2n) is 12.5. The summed E-state index contributed by atoms with van der Waals surface area (Å²) in [6.45, 7) is 16.1. The molecule has 0 aromatic rings. The molecule has 3 N–H and O–H groups in total. The topological polar surface area (TPSA) is 112 Å². The third kappa shape index (κ3) is 9.64. The van der Waals surface area contributed by atoms with Crippen molar-refractivity contribution in [2.24, 2.45) is 35.5 Å². The number of hydrogen-bond donors (Lipinski definition) is 3. The van der Waals surface area contributed by atoms with E-state index in [-0.39, 0.29) is 0 Å². The van der Waals surface area contributed by atoms with Gasteiger partial charge in [-0.25, -0.2) is 0 Å². The number of ketones is 3. The molecule has 0 aromatic carbocycles. The number of rotatable bonds is 20. The van der Waals surface area contributed by atoms with Crippen molar-refractivity contribution < 1.29 is 29.7 Å². The van der Waals surface area contributed by atoms with Crippen LogP contribution >= 0.6 is 0 Å². The van der Waals surface area contributed by atoms with Gasteiger partial charge in [-0.3, -0.25) is 14.4 Å². The molecule has 4 atom stereocenters. The van der Waals surface area contributed by atoms with E-state index in [1.807, 2.05) is 0 Å². The van der Waals surface area contributed by atoms with Crippen LogP contribution in [-0.4, -0.2) is 50.5 Å². The summed E-state index contributed by atoms with van der Waals surface area (Å²) in [4.78, 5) is 40.9. The molecule has 0 aliphatic rings. The van der Waals surface area contributed by atoms with E-state index in [1.54, 1.807) is 20.8 Å². The Morgan fingerprint density at radius 3 is 1.06 bits per heavy atom. The molecule has 6 nitrogen and oxygen atoms in total. The highest BCUT2D eigenvalue weighted by Gasteiger charge is 2.64. The lowest BCUT2D eigenvalue weighted by Crippen LogP contribution is -2.72. The van der Waals surface area contributed by atoms with E-state index in [1.165, 1.54) is 0 Å². The second-order valence-corrected chi connectivity index (χ2v) is 12.5. The van der Waals surface area contributed by atoms with Gasteiger partial charge in [0.1, 0.15) is 0 Å². The molecular formula is C30H56O6. The van der Waals surface area contributed by atoms with Crippen LogP contribution in [0.3, 0.4) is 0 Å². The zero-order chi connectivity index (χ0) is 28.3. The molecule has 0 bridgehead atoms. The second kappa shape index (κ2) is 16.0. The van der Waals surface area contributed by atoms with Crippen molar-refractivity contribution in [3.8, 4) is 0 Å². The zero-order valence-electron chi connectivity index (χ0n) is 24.6. The van der Waals surface area contributed by atoms with Crippen LogP contribution in [0.2, 0.25) is 0 Å². The summed E-state index contributed by atoms with van der Waals surface area (Å²) in [5.41, 5.74) is -5.86. The van der Waals surface area contributed by atoms with Gasteiger partial charge in [0.2, 0.25) is 5.60 Å². The van der Waals surface area contributed by atoms with Crippen LogP contribution in [0.1, 0.15) is 120 Å². The fraction of sp³-hybridized carbons (Fsp3) is 0.900. The fourth-order valence-corrected chi connectivity index (χ4v) is 4.91. The van der Waals surface area contributed by atoms with Crippen molar-refractivity contribution in [3.05, 3.63) is 0 Å². The summed E-state index contributed by atoms with van der Waals surface area (Å²) in [7, 11) is 0. The number of aliphatic hydroxyl groups is 3. The highest BCUT2D eigenvalue weighted by Crippen LogP contribution is 2.36. The Kier molecular flexibility index (Phi) is 15.5. The first-order valence-electron chi connectivity index (χ1n) is 14.2. The fourth-order valence-electron chi connectivity index (χ4n) is 4.91. The number of aliphatic hydroxyl groups excluding tert-OH is 1. The average Bonchev–Trinajstić information content (AvgIpc) is 2.80. The number of carbonyl (C=O) groups is 3. The molecule has 0 saturated carbocycles. The Balaban J connectivity index is 6.20. The van der Waals surface area contributed by atoms with E-state index < -0.39 is 52.9 Å². The SMILES string of the molecule is CC(C)CCCC(C)C(=O)C(O)(CO)C(O)(C(=O)C(C)CCCC(C)C)C(=O)C(C)CCCC(C)C. The first-order chi connectivity index (χ1) is 16.6. The zero-order valence-corrected chi connectivity index (χ0v) is 24.6. The van der Waals surface area contributed by atoms with Crippen LogP contribution in [0.5, 0.6) is 0 Å². The first kappa shape index (κ1) is 34.9. The van der Waals surface area contributed by atoms with Crippen LogP contribution in [0.15, 0.2) is 0 Å². The van der Waals surface area contributed by atoms with Gasteiger partial charge in [0.25, 0.3) is 0 Å². The van der Waals surface area contributed by atoms with Gasteiger partial charge in [0.05, 0.1) is 6.61 Å². The van der Waals surface area contributed by atoms with Crippen LogP contribution in [0.4, 0.5) is 0 Å². The van der Waals surface area contributed by atoms with Crippen molar-refractivity contribution in [2.75, 3.05) is 6.61 Å². The lowest BCUT2D eigenvalue weighted by atomic mass is 9.66. The minimum Gasteiger partial charge on any atom is -0.393 e. The Morgan fingerprint density at radius 2 is 0.806 bits per heavy atom. The summed E-state index contributed by atoms with van der Waals surface area (Å²) in [5.74, 6) is -3.47. The molecule has 0 heterocycles. The van der Waals surface area contributed by atoms with Crippen LogP contribution in [-0.2, 0) is 14.4 Å². The summed E-state index contributed by atoms with van der Waals surface area (Å²) in [6, 6.07) is 0. The van der Waals surface area contributed by atoms with Crippen molar-refractivity contribution in [1.29, 1.82) is 0 Å². The maximum atomic E-state index is 13.7. The molecule has 0 spiro atoms. The monoisotopic (exact) mass is 512 g/mol. The van der Waals surface area contributed by atoms with Gasteiger partial charge < -0.3 is 15.3 Å². The molecule has 0 fully saturated rings. The lowest BCUT2D eigenvalue weighted by molar-refractivity contribution is -0.199. The maximum Gasteiger partial charge on any atom is 0.220 e. The molecule has 0 aliphatic carbocycles. The van der Waals surface area contributed by atoms with E-state index >= 15 is 0 Å². The molecule has 0 aliphatic heterocycles. The van der Waals surface area contributed by atoms with Gasteiger partial charge in [-0.05, 0) is 37.0 Å².